The fourth-order valence-electron chi connectivity index (χ4n) is 1.56. The topological polar surface area (TPSA) is 68.0 Å². The van der Waals surface area contributed by atoms with Crippen LogP contribution < -0.4 is 11.1 Å². The molecule has 1 aromatic carbocycles. The molecular formula is C13H15N3OS. The Balaban J connectivity index is 2.30. The normalized spacial score (nSPS) is 10.3. The molecule has 0 amide bonds. The van der Waals surface area contributed by atoms with Gasteiger partial charge in [-0.15, -0.1) is 0 Å². The maximum Gasteiger partial charge on any atom is 0.206 e. The molecule has 1 heterocycles. The van der Waals surface area contributed by atoms with Crippen LogP contribution in [0.4, 0.5) is 10.9 Å². The van der Waals surface area contributed by atoms with Crippen molar-refractivity contribution in [1.29, 1.82) is 0 Å². The lowest BCUT2D eigenvalue weighted by Gasteiger charge is -1.99. The molecule has 0 saturated carbocycles. The van der Waals surface area contributed by atoms with Gasteiger partial charge in [-0.3, -0.25) is 4.79 Å². The second-order valence-electron chi connectivity index (χ2n) is 3.96. The van der Waals surface area contributed by atoms with Crippen LogP contribution in [0.2, 0.25) is 0 Å². The SMILES string of the molecule is CCNc1nc(N)c(C(=O)c2ccc(C)cc2)s1. The lowest BCUT2D eigenvalue weighted by Crippen LogP contribution is -2.02. The van der Waals surface area contributed by atoms with Gasteiger partial charge in [-0.2, -0.15) is 0 Å². The van der Waals surface area contributed by atoms with Crippen molar-refractivity contribution in [2.75, 3.05) is 17.6 Å². The fourth-order valence-corrected chi connectivity index (χ4v) is 2.47. The lowest BCUT2D eigenvalue weighted by atomic mass is 10.1. The van der Waals surface area contributed by atoms with Gasteiger partial charge in [-0.1, -0.05) is 41.2 Å². The van der Waals surface area contributed by atoms with E-state index in [1.807, 2.05) is 38.1 Å². The number of nitrogens with two attached hydrogens (primary N) is 1. The van der Waals surface area contributed by atoms with Crippen LogP contribution >= 0.6 is 11.3 Å². The number of hydrogen-bond acceptors (Lipinski definition) is 5. The molecule has 0 fully saturated rings. The Bertz CT molecular complexity index is 560. The Morgan fingerprint density at radius 1 is 1.39 bits per heavy atom. The number of aromatic nitrogens is 1. The van der Waals surface area contributed by atoms with Crippen molar-refractivity contribution in [3.05, 3.63) is 40.3 Å². The summed E-state index contributed by atoms with van der Waals surface area (Å²) in [4.78, 5) is 16.9. The summed E-state index contributed by atoms with van der Waals surface area (Å²) in [5, 5.41) is 3.74. The van der Waals surface area contributed by atoms with Crippen LogP contribution in [0.15, 0.2) is 24.3 Å². The minimum atomic E-state index is -0.0749. The molecule has 0 radical (unpaired) electrons. The molecule has 0 aliphatic heterocycles. The first-order valence-electron chi connectivity index (χ1n) is 5.73. The molecular weight excluding hydrogens is 246 g/mol. The Kier molecular flexibility index (Phi) is 3.62. The molecule has 1 aromatic heterocycles. The van der Waals surface area contributed by atoms with E-state index in [0.29, 0.717) is 21.4 Å². The van der Waals surface area contributed by atoms with Crippen molar-refractivity contribution < 1.29 is 4.79 Å². The van der Waals surface area contributed by atoms with Crippen LogP contribution in [0, 0.1) is 6.92 Å². The number of ketones is 1. The predicted molar refractivity (Wildman–Crippen MR) is 75.3 cm³/mol. The van der Waals surface area contributed by atoms with Crippen LogP contribution in [-0.2, 0) is 0 Å². The van der Waals surface area contributed by atoms with Crippen LogP contribution in [0.1, 0.15) is 27.7 Å². The standard InChI is InChI=1S/C13H15N3OS/c1-3-15-13-16-12(14)11(18-13)10(17)9-6-4-8(2)5-7-9/h4-7H,3,14H2,1-2H3,(H,15,16). The highest BCUT2D eigenvalue weighted by Gasteiger charge is 2.17. The molecule has 0 aliphatic rings. The number of nitrogens with one attached hydrogen (secondary N) is 1. The van der Waals surface area contributed by atoms with Crippen LogP contribution in [0.3, 0.4) is 0 Å². The van der Waals surface area contributed by atoms with Gasteiger partial charge in [0.05, 0.1) is 0 Å². The van der Waals surface area contributed by atoms with Gasteiger partial charge < -0.3 is 11.1 Å². The smallest absolute Gasteiger partial charge is 0.206 e. The third-order valence-corrected chi connectivity index (χ3v) is 3.53. The van der Waals surface area contributed by atoms with Crippen LogP contribution in [0.25, 0.3) is 0 Å². The number of nitrogens with zero attached hydrogens (tertiary/aromatic N) is 1. The van der Waals surface area contributed by atoms with Gasteiger partial charge in [-0.25, -0.2) is 4.98 Å². The maximum atomic E-state index is 12.3. The average molecular weight is 261 g/mol. The van der Waals surface area contributed by atoms with Gasteiger partial charge in [0, 0.05) is 12.1 Å². The number of hydrogen-bond donors (Lipinski definition) is 2. The molecule has 2 rings (SSSR count). The van der Waals surface area contributed by atoms with Crippen LogP contribution in [0.5, 0.6) is 0 Å². The molecule has 0 unspecified atom stereocenters. The largest absolute Gasteiger partial charge is 0.382 e. The van der Waals surface area contributed by atoms with E-state index in [1.54, 1.807) is 0 Å². The summed E-state index contributed by atoms with van der Waals surface area (Å²) >= 11 is 1.29. The highest BCUT2D eigenvalue weighted by atomic mass is 32.1. The Morgan fingerprint density at radius 3 is 2.67 bits per heavy atom. The zero-order valence-electron chi connectivity index (χ0n) is 10.4. The van der Waals surface area contributed by atoms with Crippen molar-refractivity contribution in [3.8, 4) is 0 Å². The molecule has 0 bridgehead atoms. The second kappa shape index (κ2) is 5.18. The van der Waals surface area contributed by atoms with E-state index in [4.69, 9.17) is 5.73 Å². The van der Waals surface area contributed by atoms with E-state index >= 15 is 0 Å². The summed E-state index contributed by atoms with van der Waals surface area (Å²) in [6.45, 7) is 4.71. The summed E-state index contributed by atoms with van der Waals surface area (Å²) in [7, 11) is 0. The minimum absolute atomic E-state index is 0.0749. The highest BCUT2D eigenvalue weighted by Crippen LogP contribution is 2.27. The van der Waals surface area contributed by atoms with E-state index in [0.717, 1.165) is 12.1 Å². The molecule has 2 aromatic rings. The second-order valence-corrected chi connectivity index (χ2v) is 4.96. The quantitative estimate of drug-likeness (QED) is 0.830. The molecule has 0 atom stereocenters. The monoisotopic (exact) mass is 261 g/mol. The molecule has 94 valence electrons. The number of carbonyl (C=O) groups excluding carboxylic acids is 1. The zero-order valence-corrected chi connectivity index (χ0v) is 11.2. The summed E-state index contributed by atoms with van der Waals surface area (Å²) < 4.78 is 0. The average Bonchev–Trinajstić information content (AvgIpc) is 2.71. The third kappa shape index (κ3) is 2.51. The van der Waals surface area contributed by atoms with Crippen molar-refractivity contribution >= 4 is 28.1 Å². The Hall–Kier alpha value is -1.88. The van der Waals surface area contributed by atoms with Gasteiger partial charge in [0.25, 0.3) is 0 Å². The van der Waals surface area contributed by atoms with E-state index in [2.05, 4.69) is 10.3 Å². The molecule has 0 spiro atoms. The summed E-state index contributed by atoms with van der Waals surface area (Å²) in [6, 6.07) is 7.44. The minimum Gasteiger partial charge on any atom is -0.382 e. The highest BCUT2D eigenvalue weighted by molar-refractivity contribution is 7.18. The number of nitrogen functional groups attached to an aromatic ring is 1. The number of aryl methyl sites for hydroxylation is 1. The summed E-state index contributed by atoms with van der Waals surface area (Å²) in [6.07, 6.45) is 0. The molecule has 0 saturated heterocycles. The maximum absolute atomic E-state index is 12.3. The molecule has 4 nitrogen and oxygen atoms in total. The number of thiazole rings is 1. The summed E-state index contributed by atoms with van der Waals surface area (Å²) in [5.74, 6) is 0.218. The fraction of sp³-hybridized carbons (Fsp3) is 0.231. The van der Waals surface area contributed by atoms with Gasteiger partial charge in [-0.05, 0) is 13.8 Å². The van der Waals surface area contributed by atoms with Gasteiger partial charge in [0.15, 0.2) is 5.13 Å². The Labute approximate surface area is 110 Å². The van der Waals surface area contributed by atoms with Crippen molar-refractivity contribution in [2.45, 2.75) is 13.8 Å². The molecule has 5 heteroatoms. The first kappa shape index (κ1) is 12.6. The van der Waals surface area contributed by atoms with Crippen LogP contribution in [-0.4, -0.2) is 17.3 Å². The van der Waals surface area contributed by atoms with E-state index in [9.17, 15) is 4.79 Å². The Morgan fingerprint density at radius 2 is 2.06 bits per heavy atom. The molecule has 18 heavy (non-hydrogen) atoms. The zero-order chi connectivity index (χ0) is 13.1. The van der Waals surface area contributed by atoms with Crippen molar-refractivity contribution in [1.82, 2.24) is 4.98 Å². The lowest BCUT2D eigenvalue weighted by molar-refractivity contribution is 0.104. The first-order chi connectivity index (χ1) is 8.61. The van der Waals surface area contributed by atoms with Crippen molar-refractivity contribution in [3.63, 3.8) is 0 Å². The molecule has 0 aliphatic carbocycles. The third-order valence-electron chi connectivity index (χ3n) is 2.50. The van der Waals surface area contributed by atoms with E-state index in [-0.39, 0.29) is 5.78 Å². The number of rotatable bonds is 4. The van der Waals surface area contributed by atoms with Gasteiger partial charge in [0.1, 0.15) is 10.7 Å². The number of carbonyl (C=O) groups is 1. The number of benzene rings is 1. The van der Waals surface area contributed by atoms with E-state index in [1.165, 1.54) is 11.3 Å². The van der Waals surface area contributed by atoms with E-state index < -0.39 is 0 Å². The van der Waals surface area contributed by atoms with Gasteiger partial charge in [0.2, 0.25) is 5.78 Å². The van der Waals surface area contributed by atoms with Crippen molar-refractivity contribution in [2.24, 2.45) is 0 Å². The summed E-state index contributed by atoms with van der Waals surface area (Å²) in [5.41, 5.74) is 7.54. The predicted octanol–water partition coefficient (Wildman–Crippen LogP) is 2.70. The van der Waals surface area contributed by atoms with Gasteiger partial charge >= 0.3 is 0 Å². The number of anilines is 2. The first-order valence-corrected chi connectivity index (χ1v) is 6.55. The molecule has 3 N–H and O–H groups in total.